The smallest absolute Gasteiger partial charge is 0.321 e. The fourth-order valence-electron chi connectivity index (χ4n) is 2.48. The lowest BCUT2D eigenvalue weighted by atomic mass is 9.79. The van der Waals surface area contributed by atoms with Crippen LogP contribution in [0.2, 0.25) is 0 Å². The molecule has 86 valence electrons. The molecule has 0 heterocycles. The molecule has 0 bridgehead atoms. The highest BCUT2D eigenvalue weighted by atomic mass is 16.4. The van der Waals surface area contributed by atoms with Crippen molar-refractivity contribution in [1.29, 1.82) is 0 Å². The summed E-state index contributed by atoms with van der Waals surface area (Å²) in [5.74, 6) is -0.680. The molecule has 2 rings (SSSR count). The molecule has 2 unspecified atom stereocenters. The number of hydrogen-bond acceptors (Lipinski definition) is 2. The summed E-state index contributed by atoms with van der Waals surface area (Å²) in [7, 11) is 0. The van der Waals surface area contributed by atoms with Gasteiger partial charge < -0.3 is 10.8 Å². The van der Waals surface area contributed by atoms with E-state index in [2.05, 4.69) is 6.92 Å². The summed E-state index contributed by atoms with van der Waals surface area (Å²) in [6.07, 6.45) is 1.83. The summed E-state index contributed by atoms with van der Waals surface area (Å²) in [4.78, 5) is 11.0. The molecule has 1 aliphatic rings. The van der Waals surface area contributed by atoms with Gasteiger partial charge in [-0.15, -0.1) is 0 Å². The molecule has 1 fully saturated rings. The van der Waals surface area contributed by atoms with Crippen LogP contribution in [0.1, 0.15) is 31.2 Å². The summed E-state index contributed by atoms with van der Waals surface area (Å²) in [6, 6.07) is 9.26. The van der Waals surface area contributed by atoms with E-state index in [9.17, 15) is 4.79 Å². The van der Waals surface area contributed by atoms with Crippen molar-refractivity contribution in [1.82, 2.24) is 0 Å². The van der Waals surface area contributed by atoms with E-state index in [1.165, 1.54) is 5.56 Å². The number of rotatable bonds is 4. The molecule has 3 heteroatoms. The first-order chi connectivity index (χ1) is 7.58. The predicted octanol–water partition coefficient (Wildman–Crippen LogP) is 1.98. The molecular weight excluding hydrogens is 202 g/mol. The van der Waals surface area contributed by atoms with Gasteiger partial charge >= 0.3 is 5.97 Å². The minimum atomic E-state index is -0.889. The fourth-order valence-corrected chi connectivity index (χ4v) is 2.48. The lowest BCUT2D eigenvalue weighted by molar-refractivity contribution is -0.140. The zero-order valence-electron chi connectivity index (χ0n) is 9.39. The number of aliphatic carboxylic acids is 1. The van der Waals surface area contributed by atoms with Crippen molar-refractivity contribution >= 4 is 5.97 Å². The standard InChI is InChI=1S/C13H17NO2/c1-9(10-5-3-2-4-6-10)13(7-8-13)11(14)12(15)16/h2-6,9,11H,7-8,14H2,1H3,(H,15,16). The van der Waals surface area contributed by atoms with E-state index < -0.39 is 12.0 Å². The zero-order valence-corrected chi connectivity index (χ0v) is 9.39. The molecular formula is C13H17NO2. The summed E-state index contributed by atoms with van der Waals surface area (Å²) >= 11 is 0. The Hall–Kier alpha value is -1.35. The first-order valence-electron chi connectivity index (χ1n) is 5.61. The van der Waals surface area contributed by atoms with Crippen LogP contribution in [0.3, 0.4) is 0 Å². The maximum absolute atomic E-state index is 11.0. The highest BCUT2D eigenvalue weighted by Crippen LogP contribution is 2.57. The van der Waals surface area contributed by atoms with Crippen LogP contribution < -0.4 is 5.73 Å². The molecule has 16 heavy (non-hydrogen) atoms. The third-order valence-corrected chi connectivity index (χ3v) is 3.87. The Morgan fingerprint density at radius 2 is 1.94 bits per heavy atom. The minimum absolute atomic E-state index is 0.208. The SMILES string of the molecule is CC(c1ccccc1)C1(C(N)C(=O)O)CC1. The second kappa shape index (κ2) is 3.91. The maximum Gasteiger partial charge on any atom is 0.321 e. The second-order valence-electron chi connectivity index (χ2n) is 4.68. The highest BCUT2D eigenvalue weighted by molar-refractivity contribution is 5.75. The molecule has 0 saturated heterocycles. The number of carboxylic acid groups (broad SMARTS) is 1. The van der Waals surface area contributed by atoms with Gasteiger partial charge in [0.1, 0.15) is 6.04 Å². The van der Waals surface area contributed by atoms with Crippen molar-refractivity contribution < 1.29 is 9.90 Å². The Balaban J connectivity index is 2.22. The average molecular weight is 219 g/mol. The van der Waals surface area contributed by atoms with E-state index in [4.69, 9.17) is 10.8 Å². The van der Waals surface area contributed by atoms with Gasteiger partial charge in [-0.2, -0.15) is 0 Å². The molecule has 1 aromatic rings. The van der Waals surface area contributed by atoms with Gasteiger partial charge in [0.05, 0.1) is 0 Å². The van der Waals surface area contributed by atoms with Crippen molar-refractivity contribution in [2.24, 2.45) is 11.1 Å². The molecule has 3 nitrogen and oxygen atoms in total. The lowest BCUT2D eigenvalue weighted by Crippen LogP contribution is -2.42. The van der Waals surface area contributed by atoms with Crippen molar-refractivity contribution in [2.75, 3.05) is 0 Å². The van der Waals surface area contributed by atoms with Crippen molar-refractivity contribution in [3.63, 3.8) is 0 Å². The van der Waals surface area contributed by atoms with Crippen LogP contribution in [0.25, 0.3) is 0 Å². The maximum atomic E-state index is 11.0. The number of carbonyl (C=O) groups is 1. The van der Waals surface area contributed by atoms with Crippen molar-refractivity contribution in [3.05, 3.63) is 35.9 Å². The van der Waals surface area contributed by atoms with Crippen LogP contribution in [0.15, 0.2) is 30.3 Å². The average Bonchev–Trinajstić information content (AvgIpc) is 3.09. The Morgan fingerprint density at radius 3 is 2.38 bits per heavy atom. The first-order valence-corrected chi connectivity index (χ1v) is 5.61. The van der Waals surface area contributed by atoms with Crippen LogP contribution in [0.4, 0.5) is 0 Å². The van der Waals surface area contributed by atoms with Gasteiger partial charge in [0, 0.05) is 5.41 Å². The molecule has 1 saturated carbocycles. The third kappa shape index (κ3) is 1.71. The predicted molar refractivity (Wildman–Crippen MR) is 62.1 cm³/mol. The number of benzene rings is 1. The van der Waals surface area contributed by atoms with Gasteiger partial charge in [-0.1, -0.05) is 37.3 Å². The van der Waals surface area contributed by atoms with Crippen molar-refractivity contribution in [2.45, 2.75) is 31.7 Å². The molecule has 0 aromatic heterocycles. The largest absolute Gasteiger partial charge is 0.480 e. The molecule has 0 radical (unpaired) electrons. The Bertz CT molecular complexity index is 384. The lowest BCUT2D eigenvalue weighted by Gasteiger charge is -2.27. The number of hydrogen-bond donors (Lipinski definition) is 2. The minimum Gasteiger partial charge on any atom is -0.480 e. The van der Waals surface area contributed by atoms with E-state index in [1.54, 1.807) is 0 Å². The Kier molecular flexibility index (Phi) is 2.72. The number of carboxylic acids is 1. The van der Waals surface area contributed by atoms with Crippen LogP contribution in [-0.4, -0.2) is 17.1 Å². The van der Waals surface area contributed by atoms with Crippen LogP contribution >= 0.6 is 0 Å². The Labute approximate surface area is 95.3 Å². The molecule has 0 aliphatic heterocycles. The van der Waals surface area contributed by atoms with Crippen LogP contribution in [-0.2, 0) is 4.79 Å². The number of nitrogens with two attached hydrogens (primary N) is 1. The van der Waals surface area contributed by atoms with E-state index >= 15 is 0 Å². The first kappa shape index (κ1) is 11.1. The van der Waals surface area contributed by atoms with Crippen molar-refractivity contribution in [3.8, 4) is 0 Å². The topological polar surface area (TPSA) is 63.3 Å². The summed E-state index contributed by atoms with van der Waals surface area (Å²) < 4.78 is 0. The van der Waals surface area contributed by atoms with Gasteiger partial charge in [-0.3, -0.25) is 4.79 Å². The summed E-state index contributed by atoms with van der Waals surface area (Å²) in [5.41, 5.74) is 6.74. The van der Waals surface area contributed by atoms with Crippen LogP contribution in [0.5, 0.6) is 0 Å². The third-order valence-electron chi connectivity index (χ3n) is 3.87. The highest BCUT2D eigenvalue weighted by Gasteiger charge is 2.54. The van der Waals surface area contributed by atoms with Gasteiger partial charge in [0.25, 0.3) is 0 Å². The monoisotopic (exact) mass is 219 g/mol. The summed E-state index contributed by atoms with van der Waals surface area (Å²) in [6.45, 7) is 2.07. The van der Waals surface area contributed by atoms with Gasteiger partial charge in [0.2, 0.25) is 0 Å². The zero-order chi connectivity index (χ0) is 11.8. The fraction of sp³-hybridized carbons (Fsp3) is 0.462. The normalized spacial score (nSPS) is 21.1. The van der Waals surface area contributed by atoms with Gasteiger partial charge in [0.15, 0.2) is 0 Å². The molecule has 0 amide bonds. The van der Waals surface area contributed by atoms with Gasteiger partial charge in [-0.05, 0) is 24.3 Å². The quantitative estimate of drug-likeness (QED) is 0.814. The van der Waals surface area contributed by atoms with Gasteiger partial charge in [-0.25, -0.2) is 0 Å². The molecule has 1 aromatic carbocycles. The second-order valence-corrected chi connectivity index (χ2v) is 4.68. The van der Waals surface area contributed by atoms with E-state index in [0.717, 1.165) is 12.8 Å². The Morgan fingerprint density at radius 1 is 1.38 bits per heavy atom. The molecule has 3 N–H and O–H groups in total. The van der Waals surface area contributed by atoms with E-state index in [0.29, 0.717) is 0 Å². The molecule has 0 spiro atoms. The summed E-state index contributed by atoms with van der Waals surface area (Å²) in [5, 5.41) is 9.03. The molecule has 1 aliphatic carbocycles. The van der Waals surface area contributed by atoms with E-state index in [1.807, 2.05) is 30.3 Å². The van der Waals surface area contributed by atoms with Crippen LogP contribution in [0, 0.1) is 5.41 Å². The van der Waals surface area contributed by atoms with E-state index in [-0.39, 0.29) is 11.3 Å². The molecule has 2 atom stereocenters.